The largest absolute Gasteiger partial charge is 0.363 e. The summed E-state index contributed by atoms with van der Waals surface area (Å²) in [5.41, 5.74) is 0. The van der Waals surface area contributed by atoms with Crippen LogP contribution in [-0.2, 0) is 4.74 Å². The normalized spacial score (nSPS) is 19.3. The molecular formula is C9H15NO. The highest BCUT2D eigenvalue weighted by Crippen LogP contribution is 2.33. The molecule has 0 radical (unpaired) electrons. The standard InChI is InChI=1S/C9H15NO/c1-2-3-6-11-9(7-10)8-4-5-8/h8-9H,2-6H2,1H3. The molecule has 1 aliphatic carbocycles. The summed E-state index contributed by atoms with van der Waals surface area (Å²) in [6, 6.07) is 2.20. The third-order valence-electron chi connectivity index (χ3n) is 1.97. The van der Waals surface area contributed by atoms with Crippen molar-refractivity contribution in [2.45, 2.75) is 38.7 Å². The Balaban J connectivity index is 2.07. The number of rotatable bonds is 5. The van der Waals surface area contributed by atoms with E-state index in [1.165, 1.54) is 12.8 Å². The summed E-state index contributed by atoms with van der Waals surface area (Å²) in [5, 5.41) is 8.66. The molecule has 0 aromatic heterocycles. The summed E-state index contributed by atoms with van der Waals surface area (Å²) in [4.78, 5) is 0. The van der Waals surface area contributed by atoms with E-state index in [0.29, 0.717) is 5.92 Å². The van der Waals surface area contributed by atoms with Crippen LogP contribution < -0.4 is 0 Å². The summed E-state index contributed by atoms with van der Waals surface area (Å²) < 4.78 is 5.39. The molecule has 1 aliphatic rings. The lowest BCUT2D eigenvalue weighted by Gasteiger charge is -2.07. The van der Waals surface area contributed by atoms with Crippen LogP contribution in [0, 0.1) is 17.2 Å². The van der Waals surface area contributed by atoms with Gasteiger partial charge in [0.25, 0.3) is 0 Å². The molecule has 62 valence electrons. The van der Waals surface area contributed by atoms with Gasteiger partial charge in [-0.1, -0.05) is 13.3 Å². The first-order valence-corrected chi connectivity index (χ1v) is 4.39. The summed E-state index contributed by atoms with van der Waals surface area (Å²) in [6.45, 7) is 2.88. The maximum absolute atomic E-state index is 8.66. The van der Waals surface area contributed by atoms with Crippen molar-refractivity contribution >= 4 is 0 Å². The summed E-state index contributed by atoms with van der Waals surface area (Å²) >= 11 is 0. The Hall–Kier alpha value is -0.550. The van der Waals surface area contributed by atoms with E-state index >= 15 is 0 Å². The van der Waals surface area contributed by atoms with Gasteiger partial charge in [0.2, 0.25) is 0 Å². The molecule has 0 bridgehead atoms. The molecule has 1 atom stereocenters. The first kappa shape index (κ1) is 8.55. The fourth-order valence-corrected chi connectivity index (χ4v) is 1.03. The lowest BCUT2D eigenvalue weighted by atomic mass is 10.2. The van der Waals surface area contributed by atoms with Gasteiger partial charge in [-0.15, -0.1) is 0 Å². The van der Waals surface area contributed by atoms with Crippen LogP contribution in [0.4, 0.5) is 0 Å². The van der Waals surface area contributed by atoms with E-state index in [9.17, 15) is 0 Å². The Kier molecular flexibility index (Phi) is 3.38. The van der Waals surface area contributed by atoms with Crippen LogP contribution in [0.25, 0.3) is 0 Å². The van der Waals surface area contributed by atoms with E-state index in [-0.39, 0.29) is 6.10 Å². The zero-order valence-electron chi connectivity index (χ0n) is 7.05. The first-order chi connectivity index (χ1) is 5.38. The number of unbranched alkanes of at least 4 members (excludes halogenated alkanes) is 1. The SMILES string of the molecule is CCCCOC(C#N)C1CC1. The predicted octanol–water partition coefficient (Wildman–Crippen LogP) is 2.11. The predicted molar refractivity (Wildman–Crippen MR) is 43.0 cm³/mol. The van der Waals surface area contributed by atoms with Gasteiger partial charge in [-0.05, 0) is 25.2 Å². The molecule has 1 rings (SSSR count). The third-order valence-corrected chi connectivity index (χ3v) is 1.97. The lowest BCUT2D eigenvalue weighted by molar-refractivity contribution is 0.0737. The zero-order chi connectivity index (χ0) is 8.10. The van der Waals surface area contributed by atoms with Crippen molar-refractivity contribution in [3.05, 3.63) is 0 Å². The zero-order valence-corrected chi connectivity index (χ0v) is 7.05. The van der Waals surface area contributed by atoms with Crippen molar-refractivity contribution in [2.24, 2.45) is 5.92 Å². The van der Waals surface area contributed by atoms with Gasteiger partial charge >= 0.3 is 0 Å². The Morgan fingerprint density at radius 1 is 1.64 bits per heavy atom. The van der Waals surface area contributed by atoms with E-state index in [0.717, 1.165) is 19.4 Å². The molecule has 1 saturated carbocycles. The molecule has 1 fully saturated rings. The first-order valence-electron chi connectivity index (χ1n) is 4.39. The van der Waals surface area contributed by atoms with Crippen LogP contribution in [0.15, 0.2) is 0 Å². The fourth-order valence-electron chi connectivity index (χ4n) is 1.03. The minimum atomic E-state index is -0.110. The monoisotopic (exact) mass is 153 g/mol. The van der Waals surface area contributed by atoms with Crippen LogP contribution in [0.5, 0.6) is 0 Å². The van der Waals surface area contributed by atoms with Crippen LogP contribution in [-0.4, -0.2) is 12.7 Å². The van der Waals surface area contributed by atoms with Crippen LogP contribution in [0.3, 0.4) is 0 Å². The van der Waals surface area contributed by atoms with E-state index in [2.05, 4.69) is 13.0 Å². The minimum Gasteiger partial charge on any atom is -0.363 e. The van der Waals surface area contributed by atoms with E-state index in [1.807, 2.05) is 0 Å². The highest BCUT2D eigenvalue weighted by molar-refractivity contribution is 4.96. The average molecular weight is 153 g/mol. The van der Waals surface area contributed by atoms with Crippen molar-refractivity contribution in [1.29, 1.82) is 5.26 Å². The molecule has 0 saturated heterocycles. The molecule has 0 aliphatic heterocycles. The van der Waals surface area contributed by atoms with E-state index in [4.69, 9.17) is 10.00 Å². The molecule has 0 heterocycles. The Morgan fingerprint density at radius 2 is 2.36 bits per heavy atom. The second-order valence-corrected chi connectivity index (χ2v) is 3.11. The maximum Gasteiger partial charge on any atom is 0.146 e. The third kappa shape index (κ3) is 2.90. The summed E-state index contributed by atoms with van der Waals surface area (Å²) in [5.74, 6) is 0.553. The molecule has 1 unspecified atom stereocenters. The van der Waals surface area contributed by atoms with Gasteiger partial charge in [-0.2, -0.15) is 5.26 Å². The molecule has 0 N–H and O–H groups in total. The van der Waals surface area contributed by atoms with Gasteiger partial charge < -0.3 is 4.74 Å². The van der Waals surface area contributed by atoms with E-state index in [1.54, 1.807) is 0 Å². The minimum absolute atomic E-state index is 0.110. The highest BCUT2D eigenvalue weighted by Gasteiger charge is 2.31. The molecule has 2 heteroatoms. The molecular weight excluding hydrogens is 138 g/mol. The number of hydrogen-bond donors (Lipinski definition) is 0. The molecule has 0 spiro atoms. The molecule has 2 nitrogen and oxygen atoms in total. The van der Waals surface area contributed by atoms with Gasteiger partial charge in [-0.3, -0.25) is 0 Å². The van der Waals surface area contributed by atoms with Crippen molar-refractivity contribution in [3.8, 4) is 6.07 Å². The molecule has 0 aromatic carbocycles. The lowest BCUT2D eigenvalue weighted by Crippen LogP contribution is -2.13. The van der Waals surface area contributed by atoms with Gasteiger partial charge in [0.05, 0.1) is 6.07 Å². The van der Waals surface area contributed by atoms with Gasteiger partial charge in [0, 0.05) is 6.61 Å². The van der Waals surface area contributed by atoms with Crippen molar-refractivity contribution < 1.29 is 4.74 Å². The topological polar surface area (TPSA) is 33.0 Å². The quantitative estimate of drug-likeness (QED) is 0.567. The van der Waals surface area contributed by atoms with Crippen molar-refractivity contribution in [1.82, 2.24) is 0 Å². The highest BCUT2D eigenvalue weighted by atomic mass is 16.5. The number of nitriles is 1. The molecule has 0 aromatic rings. The number of ether oxygens (including phenoxy) is 1. The van der Waals surface area contributed by atoms with Gasteiger partial charge in [0.15, 0.2) is 0 Å². The van der Waals surface area contributed by atoms with E-state index < -0.39 is 0 Å². The smallest absolute Gasteiger partial charge is 0.146 e. The van der Waals surface area contributed by atoms with Gasteiger partial charge in [-0.25, -0.2) is 0 Å². The fraction of sp³-hybridized carbons (Fsp3) is 0.889. The van der Waals surface area contributed by atoms with Gasteiger partial charge in [0.1, 0.15) is 6.10 Å². The van der Waals surface area contributed by atoms with Crippen molar-refractivity contribution in [3.63, 3.8) is 0 Å². The molecule has 11 heavy (non-hydrogen) atoms. The summed E-state index contributed by atoms with van der Waals surface area (Å²) in [6.07, 6.45) is 4.48. The maximum atomic E-state index is 8.66. The van der Waals surface area contributed by atoms with Crippen LogP contribution in [0.2, 0.25) is 0 Å². The second-order valence-electron chi connectivity index (χ2n) is 3.11. The Bertz CT molecular complexity index is 146. The number of nitrogens with zero attached hydrogens (tertiary/aromatic N) is 1. The van der Waals surface area contributed by atoms with Crippen LogP contribution in [0.1, 0.15) is 32.6 Å². The van der Waals surface area contributed by atoms with Crippen molar-refractivity contribution in [2.75, 3.05) is 6.61 Å². The number of hydrogen-bond acceptors (Lipinski definition) is 2. The average Bonchev–Trinajstić information content (AvgIpc) is 2.81. The Labute approximate surface area is 68.2 Å². The molecule has 0 amide bonds. The Morgan fingerprint density at radius 3 is 2.82 bits per heavy atom. The second kappa shape index (κ2) is 4.35. The van der Waals surface area contributed by atoms with Crippen LogP contribution >= 0.6 is 0 Å². The summed E-state index contributed by atoms with van der Waals surface area (Å²) in [7, 11) is 0.